The third kappa shape index (κ3) is 2.43. The number of aromatic nitrogens is 1. The minimum Gasteiger partial charge on any atom is -0.465 e. The quantitative estimate of drug-likeness (QED) is 0.651. The number of carbonyl (C=O) groups is 1. The smallest absolute Gasteiger partial charge is 0.320 e. The molecule has 2 aliphatic rings. The number of fused-ring (bicyclic) bond motifs is 5. The number of benzene rings is 1. The summed E-state index contributed by atoms with van der Waals surface area (Å²) in [6.07, 6.45) is 4.98. The summed E-state index contributed by atoms with van der Waals surface area (Å²) in [5.74, 6) is 0.239. The lowest BCUT2D eigenvalue weighted by Gasteiger charge is -2.43. The molecule has 1 aromatic carbocycles. The van der Waals surface area contributed by atoms with Crippen molar-refractivity contribution in [3.63, 3.8) is 0 Å². The Morgan fingerprint density at radius 3 is 2.88 bits per heavy atom. The van der Waals surface area contributed by atoms with Crippen LogP contribution >= 0.6 is 0 Å². The summed E-state index contributed by atoms with van der Waals surface area (Å²) in [6, 6.07) is 8.38. The molecule has 2 N–H and O–H groups in total. The van der Waals surface area contributed by atoms with Crippen molar-refractivity contribution in [1.29, 1.82) is 0 Å². The summed E-state index contributed by atoms with van der Waals surface area (Å²) >= 11 is 0. The van der Waals surface area contributed by atoms with Crippen LogP contribution in [-0.4, -0.2) is 30.1 Å². The zero-order valence-electron chi connectivity index (χ0n) is 15.9. The van der Waals surface area contributed by atoms with Crippen LogP contribution in [0.4, 0.5) is 0 Å². The lowest BCUT2D eigenvalue weighted by Crippen LogP contribution is -2.57. The number of rotatable bonds is 3. The number of aromatic amines is 1. The Morgan fingerprint density at radius 2 is 2.12 bits per heavy atom. The van der Waals surface area contributed by atoms with Gasteiger partial charge < -0.3 is 15.0 Å². The summed E-state index contributed by atoms with van der Waals surface area (Å²) in [5.41, 5.74) is 4.09. The standard InChI is InChI=1S/C22H28N2O2/c1-4-15-12-14(3)13-22(21(25)26-5-2)19(15)23-11-10-17-16-8-6-7-9-18(16)24-20(17)22/h6-9,12,14,19,23-24H,4-5,10-11,13H2,1-3H3. The first-order valence-electron chi connectivity index (χ1n) is 9.83. The predicted octanol–water partition coefficient (Wildman–Crippen LogP) is 3.86. The molecule has 0 amide bonds. The molecule has 0 fully saturated rings. The SMILES string of the molecule is CCOC(=O)C12CC(C)C=C(CC)C1NCCc1c2[nH]c2ccccc12. The van der Waals surface area contributed by atoms with Gasteiger partial charge in [-0.05, 0) is 50.3 Å². The van der Waals surface area contributed by atoms with E-state index in [4.69, 9.17) is 4.74 Å². The van der Waals surface area contributed by atoms with Gasteiger partial charge in [-0.3, -0.25) is 4.79 Å². The van der Waals surface area contributed by atoms with E-state index in [0.717, 1.165) is 37.0 Å². The van der Waals surface area contributed by atoms with Crippen LogP contribution < -0.4 is 5.32 Å². The molecule has 2 heterocycles. The highest BCUT2D eigenvalue weighted by Gasteiger charge is 2.55. The van der Waals surface area contributed by atoms with E-state index >= 15 is 0 Å². The average Bonchev–Trinajstić information content (AvgIpc) is 2.93. The highest BCUT2D eigenvalue weighted by atomic mass is 16.5. The van der Waals surface area contributed by atoms with Gasteiger partial charge in [-0.15, -0.1) is 0 Å². The summed E-state index contributed by atoms with van der Waals surface area (Å²) in [5, 5.41) is 4.92. The first-order valence-corrected chi connectivity index (χ1v) is 9.83. The van der Waals surface area contributed by atoms with Gasteiger partial charge in [0.15, 0.2) is 0 Å². The molecule has 2 aromatic rings. The van der Waals surface area contributed by atoms with Crippen LogP contribution in [0.5, 0.6) is 0 Å². The van der Waals surface area contributed by atoms with Crippen LogP contribution in [0.25, 0.3) is 10.9 Å². The van der Waals surface area contributed by atoms with Crippen LogP contribution in [0.2, 0.25) is 0 Å². The van der Waals surface area contributed by atoms with E-state index in [-0.39, 0.29) is 12.0 Å². The second-order valence-corrected chi connectivity index (χ2v) is 7.63. The lowest BCUT2D eigenvalue weighted by atomic mass is 9.64. The van der Waals surface area contributed by atoms with Crippen LogP contribution in [0, 0.1) is 5.92 Å². The van der Waals surface area contributed by atoms with Crippen LogP contribution in [-0.2, 0) is 21.4 Å². The van der Waals surface area contributed by atoms with E-state index in [0.29, 0.717) is 12.5 Å². The van der Waals surface area contributed by atoms with Gasteiger partial charge in [0.1, 0.15) is 5.41 Å². The fourth-order valence-corrected chi connectivity index (χ4v) is 5.08. The van der Waals surface area contributed by atoms with Crippen molar-refractivity contribution >= 4 is 16.9 Å². The molecular formula is C22H28N2O2. The van der Waals surface area contributed by atoms with Crippen molar-refractivity contribution in [1.82, 2.24) is 10.3 Å². The topological polar surface area (TPSA) is 54.1 Å². The molecular weight excluding hydrogens is 324 g/mol. The highest BCUT2D eigenvalue weighted by Crippen LogP contribution is 2.47. The molecule has 0 bridgehead atoms. The molecule has 0 saturated carbocycles. The number of nitrogens with one attached hydrogen (secondary N) is 2. The Labute approximate surface area is 155 Å². The average molecular weight is 352 g/mol. The molecule has 0 spiro atoms. The molecule has 4 nitrogen and oxygen atoms in total. The lowest BCUT2D eigenvalue weighted by molar-refractivity contribution is -0.152. The fraction of sp³-hybridized carbons (Fsp3) is 0.500. The second-order valence-electron chi connectivity index (χ2n) is 7.63. The van der Waals surface area contributed by atoms with Crippen LogP contribution in [0.3, 0.4) is 0 Å². The largest absolute Gasteiger partial charge is 0.465 e. The maximum atomic E-state index is 13.4. The van der Waals surface area contributed by atoms with E-state index < -0.39 is 5.41 Å². The normalized spacial score (nSPS) is 28.0. The van der Waals surface area contributed by atoms with Gasteiger partial charge in [0.25, 0.3) is 0 Å². The third-order valence-corrected chi connectivity index (χ3v) is 6.04. The Kier molecular flexibility index (Phi) is 4.39. The third-order valence-electron chi connectivity index (χ3n) is 6.04. The van der Waals surface area contributed by atoms with Gasteiger partial charge >= 0.3 is 5.97 Å². The number of hydrogen-bond donors (Lipinski definition) is 2. The molecule has 4 rings (SSSR count). The molecule has 3 unspecified atom stereocenters. The van der Waals surface area contributed by atoms with Crippen molar-refractivity contribution in [2.75, 3.05) is 13.2 Å². The molecule has 1 aliphatic heterocycles. The summed E-state index contributed by atoms with van der Waals surface area (Å²) in [6.45, 7) is 7.55. The summed E-state index contributed by atoms with van der Waals surface area (Å²) in [4.78, 5) is 17.1. The molecule has 3 atom stereocenters. The first-order chi connectivity index (χ1) is 12.6. The van der Waals surface area contributed by atoms with E-state index in [1.807, 2.05) is 13.0 Å². The van der Waals surface area contributed by atoms with Gasteiger partial charge in [-0.2, -0.15) is 0 Å². The number of hydrogen-bond acceptors (Lipinski definition) is 3. The zero-order valence-corrected chi connectivity index (χ0v) is 15.9. The number of para-hydroxylation sites is 1. The highest BCUT2D eigenvalue weighted by molar-refractivity contribution is 5.92. The molecule has 138 valence electrons. The number of allylic oxidation sites excluding steroid dienone is 1. The van der Waals surface area contributed by atoms with Crippen molar-refractivity contribution in [2.45, 2.75) is 51.5 Å². The Morgan fingerprint density at radius 1 is 1.31 bits per heavy atom. The number of carbonyl (C=O) groups excluding carboxylic acids is 1. The number of H-pyrrole nitrogens is 1. The minimum absolute atomic E-state index is 0.00272. The van der Waals surface area contributed by atoms with Gasteiger partial charge in [0, 0.05) is 22.6 Å². The maximum absolute atomic E-state index is 13.4. The van der Waals surface area contributed by atoms with Gasteiger partial charge in [0.2, 0.25) is 0 Å². The Hall–Kier alpha value is -2.07. The molecule has 26 heavy (non-hydrogen) atoms. The van der Waals surface area contributed by atoms with E-state index in [1.54, 1.807) is 0 Å². The predicted molar refractivity (Wildman–Crippen MR) is 104 cm³/mol. The number of ether oxygens (including phenoxy) is 1. The van der Waals surface area contributed by atoms with E-state index in [9.17, 15) is 4.79 Å². The molecule has 4 heteroatoms. The van der Waals surface area contributed by atoms with Crippen LogP contribution in [0.15, 0.2) is 35.9 Å². The summed E-state index contributed by atoms with van der Waals surface area (Å²) in [7, 11) is 0. The Bertz CT molecular complexity index is 866. The van der Waals surface area contributed by atoms with Gasteiger partial charge in [-0.1, -0.05) is 43.7 Å². The molecule has 1 aromatic heterocycles. The van der Waals surface area contributed by atoms with Crippen LogP contribution in [0.1, 0.15) is 44.9 Å². The van der Waals surface area contributed by atoms with Gasteiger partial charge in [-0.25, -0.2) is 0 Å². The van der Waals surface area contributed by atoms with Crippen molar-refractivity contribution in [3.05, 3.63) is 47.2 Å². The minimum atomic E-state index is -0.680. The fourth-order valence-electron chi connectivity index (χ4n) is 5.08. The van der Waals surface area contributed by atoms with E-state index in [2.05, 4.69) is 48.4 Å². The Balaban J connectivity index is 2.00. The van der Waals surface area contributed by atoms with Crippen molar-refractivity contribution in [2.24, 2.45) is 5.92 Å². The monoisotopic (exact) mass is 352 g/mol. The molecule has 1 aliphatic carbocycles. The number of esters is 1. The first kappa shape index (κ1) is 17.3. The maximum Gasteiger partial charge on any atom is 0.320 e. The van der Waals surface area contributed by atoms with Crippen molar-refractivity contribution < 1.29 is 9.53 Å². The summed E-state index contributed by atoms with van der Waals surface area (Å²) < 4.78 is 5.67. The zero-order chi connectivity index (χ0) is 18.3. The van der Waals surface area contributed by atoms with Crippen molar-refractivity contribution in [3.8, 4) is 0 Å². The molecule has 0 radical (unpaired) electrons. The molecule has 0 saturated heterocycles. The van der Waals surface area contributed by atoms with Gasteiger partial charge in [0.05, 0.1) is 6.61 Å². The van der Waals surface area contributed by atoms with E-state index in [1.165, 1.54) is 16.5 Å². The second kappa shape index (κ2) is 6.58.